The first-order valence-corrected chi connectivity index (χ1v) is 9.28. The molecule has 0 aliphatic carbocycles. The van der Waals surface area contributed by atoms with Crippen LogP contribution >= 0.6 is 0 Å². The normalized spacial score (nSPS) is 11.5. The van der Waals surface area contributed by atoms with E-state index in [0.29, 0.717) is 13.2 Å². The minimum atomic E-state index is 0.353. The van der Waals surface area contributed by atoms with Crippen molar-refractivity contribution in [2.45, 2.75) is 96.3 Å². The Labute approximate surface area is 132 Å². The van der Waals surface area contributed by atoms with Crippen molar-refractivity contribution in [1.29, 1.82) is 0 Å². The van der Waals surface area contributed by atoms with Crippen LogP contribution in [0.15, 0.2) is 12.2 Å². The summed E-state index contributed by atoms with van der Waals surface area (Å²) in [5.74, 6) is 0. The van der Waals surface area contributed by atoms with Crippen LogP contribution in [-0.2, 0) is 0 Å². The van der Waals surface area contributed by atoms with Gasteiger partial charge in [0.2, 0.25) is 0 Å². The maximum Gasteiger partial charge on any atom is 0.0431 e. The third kappa shape index (κ3) is 19.7. The van der Waals surface area contributed by atoms with Gasteiger partial charge < -0.3 is 10.2 Å². The Morgan fingerprint density at radius 1 is 0.381 bits per heavy atom. The first-order chi connectivity index (χ1) is 10.4. The molecule has 126 valence electrons. The van der Waals surface area contributed by atoms with Gasteiger partial charge in [-0.25, -0.2) is 0 Å². The van der Waals surface area contributed by atoms with E-state index in [9.17, 15) is 0 Å². The van der Waals surface area contributed by atoms with Crippen molar-refractivity contribution in [3.63, 3.8) is 0 Å². The van der Waals surface area contributed by atoms with Crippen LogP contribution < -0.4 is 0 Å². The number of aliphatic hydroxyl groups excluding tert-OH is 2. The molecule has 0 amide bonds. The minimum Gasteiger partial charge on any atom is -0.396 e. The van der Waals surface area contributed by atoms with Gasteiger partial charge in [0, 0.05) is 13.2 Å². The van der Waals surface area contributed by atoms with E-state index < -0.39 is 0 Å². The second kappa shape index (κ2) is 19.7. The smallest absolute Gasteiger partial charge is 0.0431 e. The predicted molar refractivity (Wildman–Crippen MR) is 92.6 cm³/mol. The molecule has 0 atom stereocenters. The predicted octanol–water partition coefficient (Wildman–Crippen LogP) is 5.38. The van der Waals surface area contributed by atoms with Crippen molar-refractivity contribution < 1.29 is 10.2 Å². The van der Waals surface area contributed by atoms with E-state index in [1.807, 2.05) is 0 Å². The third-order valence-corrected chi connectivity index (χ3v) is 3.97. The molecule has 0 saturated carbocycles. The lowest BCUT2D eigenvalue weighted by Crippen LogP contribution is -1.84. The summed E-state index contributed by atoms with van der Waals surface area (Å²) in [6.07, 6.45) is 23.4. The van der Waals surface area contributed by atoms with Gasteiger partial charge in [0.15, 0.2) is 0 Å². The SMILES string of the molecule is OCCCCCCCC/C=C/CCCCCCCCCO. The molecule has 0 aliphatic rings. The van der Waals surface area contributed by atoms with Crippen molar-refractivity contribution in [3.05, 3.63) is 12.2 Å². The molecule has 0 saturated heterocycles. The number of hydrogen-bond donors (Lipinski definition) is 2. The van der Waals surface area contributed by atoms with Crippen LogP contribution in [0.2, 0.25) is 0 Å². The van der Waals surface area contributed by atoms with Gasteiger partial charge in [-0.1, -0.05) is 69.9 Å². The molecule has 21 heavy (non-hydrogen) atoms. The molecule has 2 N–H and O–H groups in total. The average molecular weight is 299 g/mol. The molecule has 0 aromatic heterocycles. The Bertz CT molecular complexity index is 202. The van der Waals surface area contributed by atoms with Gasteiger partial charge in [-0.2, -0.15) is 0 Å². The molecule has 0 spiro atoms. The molecule has 0 aromatic carbocycles. The Balaban J connectivity index is 3.02. The topological polar surface area (TPSA) is 40.5 Å². The maximum absolute atomic E-state index is 8.68. The summed E-state index contributed by atoms with van der Waals surface area (Å²) in [5.41, 5.74) is 0. The third-order valence-electron chi connectivity index (χ3n) is 3.97. The summed E-state index contributed by atoms with van der Waals surface area (Å²) in [4.78, 5) is 0. The molecule has 0 aliphatic heterocycles. The van der Waals surface area contributed by atoms with Gasteiger partial charge in [-0.15, -0.1) is 0 Å². The Hall–Kier alpha value is -0.340. The van der Waals surface area contributed by atoms with E-state index in [4.69, 9.17) is 10.2 Å². The van der Waals surface area contributed by atoms with Crippen LogP contribution in [0.5, 0.6) is 0 Å². The highest BCUT2D eigenvalue weighted by atomic mass is 16.3. The molecule has 0 heterocycles. The van der Waals surface area contributed by atoms with E-state index in [1.165, 1.54) is 83.5 Å². The van der Waals surface area contributed by atoms with Crippen LogP contribution in [-0.4, -0.2) is 23.4 Å². The van der Waals surface area contributed by atoms with Crippen molar-refractivity contribution >= 4 is 0 Å². The standard InChI is InChI=1S/C19H38O2/c20-18-16-14-12-10-8-6-4-2-1-3-5-7-9-11-13-15-17-19-21/h1-2,20-21H,3-19H2/b2-1+. The van der Waals surface area contributed by atoms with Crippen LogP contribution in [0.4, 0.5) is 0 Å². The van der Waals surface area contributed by atoms with Crippen LogP contribution in [0.3, 0.4) is 0 Å². The zero-order chi connectivity index (χ0) is 15.4. The summed E-state index contributed by atoms with van der Waals surface area (Å²) >= 11 is 0. The van der Waals surface area contributed by atoms with Crippen LogP contribution in [0.1, 0.15) is 96.3 Å². The molecular formula is C19H38O2. The van der Waals surface area contributed by atoms with E-state index in [-0.39, 0.29) is 0 Å². The van der Waals surface area contributed by atoms with E-state index in [0.717, 1.165) is 12.8 Å². The summed E-state index contributed by atoms with van der Waals surface area (Å²) in [5, 5.41) is 17.3. The van der Waals surface area contributed by atoms with Gasteiger partial charge >= 0.3 is 0 Å². The molecule has 0 fully saturated rings. The fourth-order valence-electron chi connectivity index (χ4n) is 2.57. The summed E-state index contributed by atoms with van der Waals surface area (Å²) < 4.78 is 0. The highest BCUT2D eigenvalue weighted by Gasteiger charge is 1.91. The van der Waals surface area contributed by atoms with E-state index in [1.54, 1.807) is 0 Å². The first kappa shape index (κ1) is 20.7. The molecule has 0 bridgehead atoms. The van der Waals surface area contributed by atoms with Crippen LogP contribution in [0, 0.1) is 0 Å². The fourth-order valence-corrected chi connectivity index (χ4v) is 2.57. The second-order valence-electron chi connectivity index (χ2n) is 6.09. The molecule has 0 rings (SSSR count). The maximum atomic E-state index is 8.68. The molecule has 2 nitrogen and oxygen atoms in total. The summed E-state index contributed by atoms with van der Waals surface area (Å²) in [7, 11) is 0. The minimum absolute atomic E-state index is 0.353. The van der Waals surface area contributed by atoms with Crippen LogP contribution in [0.25, 0.3) is 0 Å². The Morgan fingerprint density at radius 3 is 1.00 bits per heavy atom. The number of hydrogen-bond acceptors (Lipinski definition) is 2. The zero-order valence-corrected chi connectivity index (χ0v) is 14.1. The van der Waals surface area contributed by atoms with Gasteiger partial charge in [0.1, 0.15) is 0 Å². The highest BCUT2D eigenvalue weighted by Crippen LogP contribution is 2.10. The molecular weight excluding hydrogens is 260 g/mol. The molecule has 0 aromatic rings. The van der Waals surface area contributed by atoms with Crippen molar-refractivity contribution in [1.82, 2.24) is 0 Å². The molecule has 0 radical (unpaired) electrons. The van der Waals surface area contributed by atoms with E-state index >= 15 is 0 Å². The van der Waals surface area contributed by atoms with Crippen molar-refractivity contribution in [2.24, 2.45) is 0 Å². The Morgan fingerprint density at radius 2 is 0.667 bits per heavy atom. The second-order valence-corrected chi connectivity index (χ2v) is 6.09. The van der Waals surface area contributed by atoms with Gasteiger partial charge in [-0.05, 0) is 38.5 Å². The summed E-state index contributed by atoms with van der Waals surface area (Å²) in [6, 6.07) is 0. The van der Waals surface area contributed by atoms with Gasteiger partial charge in [0.25, 0.3) is 0 Å². The molecule has 0 unspecified atom stereocenters. The van der Waals surface area contributed by atoms with Crippen molar-refractivity contribution in [3.8, 4) is 0 Å². The van der Waals surface area contributed by atoms with Gasteiger partial charge in [-0.3, -0.25) is 0 Å². The first-order valence-electron chi connectivity index (χ1n) is 9.28. The zero-order valence-electron chi connectivity index (χ0n) is 14.1. The summed E-state index contributed by atoms with van der Waals surface area (Å²) in [6.45, 7) is 0.707. The van der Waals surface area contributed by atoms with E-state index in [2.05, 4.69) is 12.2 Å². The monoisotopic (exact) mass is 298 g/mol. The van der Waals surface area contributed by atoms with Gasteiger partial charge in [0.05, 0.1) is 0 Å². The number of rotatable bonds is 17. The molecule has 2 heteroatoms. The van der Waals surface area contributed by atoms with Crippen molar-refractivity contribution in [2.75, 3.05) is 13.2 Å². The lowest BCUT2D eigenvalue weighted by Gasteiger charge is -2.00. The highest BCUT2D eigenvalue weighted by molar-refractivity contribution is 4.81. The largest absolute Gasteiger partial charge is 0.396 e. The fraction of sp³-hybridized carbons (Fsp3) is 0.895. The Kier molecular flexibility index (Phi) is 19.3. The number of unbranched alkanes of at least 4 members (excludes halogenated alkanes) is 13. The average Bonchev–Trinajstić information content (AvgIpc) is 2.50. The quantitative estimate of drug-likeness (QED) is 0.279. The lowest BCUT2D eigenvalue weighted by atomic mass is 10.1. The lowest BCUT2D eigenvalue weighted by molar-refractivity contribution is 0.282. The number of aliphatic hydroxyl groups is 2. The number of allylic oxidation sites excluding steroid dienone is 2.